The molecule has 2 aromatic heterocycles. The fourth-order valence-electron chi connectivity index (χ4n) is 1.69. The second-order valence-corrected chi connectivity index (χ2v) is 7.62. The molecule has 0 amide bonds. The van der Waals surface area contributed by atoms with Crippen LogP contribution >= 0.6 is 23.1 Å². The average Bonchev–Trinajstić information content (AvgIpc) is 3.03. The van der Waals surface area contributed by atoms with Gasteiger partial charge in [-0.3, -0.25) is 0 Å². The number of thiazole rings is 1. The summed E-state index contributed by atoms with van der Waals surface area (Å²) in [5.41, 5.74) is 1.21. The fourth-order valence-corrected chi connectivity index (χ4v) is 3.34. The van der Waals surface area contributed by atoms with Crippen molar-refractivity contribution in [1.82, 2.24) is 30.5 Å². The minimum atomic E-state index is 0.110. The van der Waals surface area contributed by atoms with E-state index < -0.39 is 0 Å². The van der Waals surface area contributed by atoms with E-state index in [-0.39, 0.29) is 5.54 Å². The molecule has 6 nitrogen and oxygen atoms in total. The van der Waals surface area contributed by atoms with E-state index in [1.54, 1.807) is 23.1 Å². The molecule has 116 valence electrons. The highest BCUT2D eigenvalue weighted by molar-refractivity contribution is 7.98. The number of hydrogen-bond donors (Lipinski definition) is 1. The van der Waals surface area contributed by atoms with Gasteiger partial charge in [0.2, 0.25) is 5.16 Å². The lowest BCUT2D eigenvalue weighted by Crippen LogP contribution is -2.38. The highest BCUT2D eigenvalue weighted by Gasteiger charge is 2.11. The Morgan fingerprint density at radius 2 is 2.19 bits per heavy atom. The molecule has 0 atom stereocenters. The lowest BCUT2D eigenvalue weighted by Gasteiger charge is -2.20. The van der Waals surface area contributed by atoms with E-state index in [2.05, 4.69) is 58.9 Å². The Morgan fingerprint density at radius 3 is 2.86 bits per heavy atom. The van der Waals surface area contributed by atoms with Gasteiger partial charge in [-0.1, -0.05) is 18.7 Å². The van der Waals surface area contributed by atoms with Crippen LogP contribution in [0.1, 0.15) is 38.4 Å². The summed E-state index contributed by atoms with van der Waals surface area (Å²) in [7, 11) is 0. The summed E-state index contributed by atoms with van der Waals surface area (Å²) in [5.74, 6) is 0.809. The van der Waals surface area contributed by atoms with E-state index in [1.807, 2.05) is 4.68 Å². The summed E-state index contributed by atoms with van der Waals surface area (Å²) < 4.78 is 1.84. The topological polar surface area (TPSA) is 68.5 Å². The molecule has 0 fully saturated rings. The van der Waals surface area contributed by atoms with E-state index in [0.29, 0.717) is 0 Å². The standard InChI is InChI=1S/C13H22N6S2/c1-5-11-15-10(8-20-11)9-21-12-16-17-18-19(12)7-6-14-13(2,3)4/h8,14H,5-7,9H2,1-4H3. The van der Waals surface area contributed by atoms with Crippen LogP contribution in [0.4, 0.5) is 0 Å². The van der Waals surface area contributed by atoms with Crippen molar-refractivity contribution < 1.29 is 0 Å². The SMILES string of the molecule is CCc1nc(CSc2nnnn2CCNC(C)(C)C)cs1. The summed E-state index contributed by atoms with van der Waals surface area (Å²) in [5, 5.41) is 19.5. The Morgan fingerprint density at radius 1 is 1.38 bits per heavy atom. The zero-order chi connectivity index (χ0) is 15.3. The van der Waals surface area contributed by atoms with Gasteiger partial charge in [-0.2, -0.15) is 0 Å². The summed E-state index contributed by atoms with van der Waals surface area (Å²) in [6, 6.07) is 0. The van der Waals surface area contributed by atoms with Gasteiger partial charge in [-0.05, 0) is 37.6 Å². The lowest BCUT2D eigenvalue weighted by atomic mass is 10.1. The normalized spacial score (nSPS) is 12.0. The molecule has 0 aliphatic carbocycles. The molecule has 0 aromatic carbocycles. The number of rotatable bonds is 7. The minimum absolute atomic E-state index is 0.110. The molecule has 8 heteroatoms. The van der Waals surface area contributed by atoms with Gasteiger partial charge in [0.15, 0.2) is 0 Å². The number of aromatic nitrogens is 5. The summed E-state index contributed by atoms with van der Waals surface area (Å²) in [4.78, 5) is 4.56. The van der Waals surface area contributed by atoms with Crippen molar-refractivity contribution in [2.45, 2.75) is 57.1 Å². The fraction of sp³-hybridized carbons (Fsp3) is 0.692. The van der Waals surface area contributed by atoms with Gasteiger partial charge < -0.3 is 5.32 Å². The van der Waals surface area contributed by atoms with Crippen LogP contribution in [0.3, 0.4) is 0 Å². The van der Waals surface area contributed by atoms with Crippen molar-refractivity contribution in [1.29, 1.82) is 0 Å². The smallest absolute Gasteiger partial charge is 0.209 e. The first kappa shape index (κ1) is 16.4. The van der Waals surface area contributed by atoms with Crippen molar-refractivity contribution in [3.63, 3.8) is 0 Å². The van der Waals surface area contributed by atoms with Crippen LogP contribution in [0.5, 0.6) is 0 Å². The molecular formula is C13H22N6S2. The van der Waals surface area contributed by atoms with Crippen LogP contribution in [0.2, 0.25) is 0 Å². The van der Waals surface area contributed by atoms with Crippen molar-refractivity contribution in [2.24, 2.45) is 0 Å². The predicted octanol–water partition coefficient (Wildman–Crippen LogP) is 2.37. The number of aryl methyl sites for hydroxylation is 1. The highest BCUT2D eigenvalue weighted by atomic mass is 32.2. The van der Waals surface area contributed by atoms with Gasteiger partial charge in [0.25, 0.3) is 0 Å². The first-order chi connectivity index (χ1) is 9.98. The van der Waals surface area contributed by atoms with Crippen LogP contribution in [0, 0.1) is 0 Å². The van der Waals surface area contributed by atoms with Gasteiger partial charge in [-0.25, -0.2) is 9.67 Å². The first-order valence-electron chi connectivity index (χ1n) is 7.05. The highest BCUT2D eigenvalue weighted by Crippen LogP contribution is 2.21. The first-order valence-corrected chi connectivity index (χ1v) is 8.91. The summed E-state index contributed by atoms with van der Waals surface area (Å²) >= 11 is 3.35. The maximum atomic E-state index is 4.56. The van der Waals surface area contributed by atoms with Gasteiger partial charge in [0, 0.05) is 23.2 Å². The van der Waals surface area contributed by atoms with Crippen LogP contribution < -0.4 is 5.32 Å². The van der Waals surface area contributed by atoms with E-state index in [1.165, 1.54) is 5.01 Å². The molecule has 0 saturated heterocycles. The van der Waals surface area contributed by atoms with Crippen molar-refractivity contribution in [2.75, 3.05) is 6.54 Å². The van der Waals surface area contributed by atoms with Gasteiger partial charge in [0.1, 0.15) is 0 Å². The molecule has 0 aliphatic heterocycles. The van der Waals surface area contributed by atoms with E-state index in [9.17, 15) is 0 Å². The van der Waals surface area contributed by atoms with Crippen LogP contribution in [0.15, 0.2) is 10.5 Å². The number of tetrazole rings is 1. The second-order valence-electron chi connectivity index (χ2n) is 5.74. The zero-order valence-electron chi connectivity index (χ0n) is 13.0. The number of thioether (sulfide) groups is 1. The molecule has 0 aliphatic rings. The Kier molecular flexibility index (Phi) is 5.72. The monoisotopic (exact) mass is 326 g/mol. The third-order valence-electron chi connectivity index (χ3n) is 2.73. The molecule has 2 rings (SSSR count). The zero-order valence-corrected chi connectivity index (χ0v) is 14.6. The lowest BCUT2D eigenvalue weighted by molar-refractivity contribution is 0.396. The minimum Gasteiger partial charge on any atom is -0.310 e. The third-order valence-corrected chi connectivity index (χ3v) is 4.76. The summed E-state index contributed by atoms with van der Waals surface area (Å²) in [6.45, 7) is 10.2. The molecule has 0 radical (unpaired) electrons. The maximum absolute atomic E-state index is 4.56. The van der Waals surface area contributed by atoms with E-state index in [4.69, 9.17) is 0 Å². The Labute approximate surface area is 133 Å². The van der Waals surface area contributed by atoms with Crippen LogP contribution in [-0.4, -0.2) is 37.3 Å². The van der Waals surface area contributed by atoms with Gasteiger partial charge >= 0.3 is 0 Å². The third kappa shape index (κ3) is 5.37. The number of hydrogen-bond acceptors (Lipinski definition) is 7. The molecule has 1 N–H and O–H groups in total. The second kappa shape index (κ2) is 7.33. The molecule has 21 heavy (non-hydrogen) atoms. The molecular weight excluding hydrogens is 304 g/mol. The van der Waals surface area contributed by atoms with Gasteiger partial charge in [-0.15, -0.1) is 16.4 Å². The molecule has 0 spiro atoms. The van der Waals surface area contributed by atoms with Crippen molar-refractivity contribution in [3.05, 3.63) is 16.1 Å². The molecule has 2 aromatic rings. The molecule has 2 heterocycles. The molecule has 0 unspecified atom stereocenters. The predicted molar refractivity (Wildman–Crippen MR) is 86.6 cm³/mol. The van der Waals surface area contributed by atoms with E-state index in [0.717, 1.165) is 36.1 Å². The Hall–Kier alpha value is -0.990. The van der Waals surface area contributed by atoms with Crippen molar-refractivity contribution in [3.8, 4) is 0 Å². The van der Waals surface area contributed by atoms with Crippen molar-refractivity contribution >= 4 is 23.1 Å². The number of nitrogens with one attached hydrogen (secondary N) is 1. The van der Waals surface area contributed by atoms with Crippen LogP contribution in [0.25, 0.3) is 0 Å². The maximum Gasteiger partial charge on any atom is 0.209 e. The molecule has 0 bridgehead atoms. The quantitative estimate of drug-likeness (QED) is 0.788. The van der Waals surface area contributed by atoms with E-state index >= 15 is 0 Å². The Bertz CT molecular complexity index is 557. The molecule has 0 saturated carbocycles. The largest absolute Gasteiger partial charge is 0.310 e. The number of nitrogens with zero attached hydrogens (tertiary/aromatic N) is 5. The summed E-state index contributed by atoms with van der Waals surface area (Å²) in [6.07, 6.45) is 0.992. The van der Waals surface area contributed by atoms with Crippen LogP contribution in [-0.2, 0) is 18.7 Å². The van der Waals surface area contributed by atoms with Gasteiger partial charge in [0.05, 0.1) is 17.2 Å². The average molecular weight is 326 g/mol. The Balaban J connectivity index is 1.85.